The molecule has 0 fully saturated rings. The first-order valence-electron chi connectivity index (χ1n) is 5.66. The van der Waals surface area contributed by atoms with Crippen LogP contribution in [0.4, 0.5) is 5.69 Å². The van der Waals surface area contributed by atoms with Crippen molar-refractivity contribution in [2.75, 3.05) is 11.9 Å². The number of halogens is 2. The van der Waals surface area contributed by atoms with E-state index in [0.717, 1.165) is 0 Å². The first kappa shape index (κ1) is 15.8. The number of aliphatic hydroxyl groups is 1. The van der Waals surface area contributed by atoms with E-state index in [1.54, 1.807) is 19.1 Å². The van der Waals surface area contributed by atoms with Gasteiger partial charge >= 0.3 is 11.8 Å². The molecule has 0 saturated carbocycles. The van der Waals surface area contributed by atoms with Crippen molar-refractivity contribution < 1.29 is 14.7 Å². The Kier molecular flexibility index (Phi) is 6.08. The lowest BCUT2D eigenvalue weighted by atomic mass is 10.2. The van der Waals surface area contributed by atoms with Crippen molar-refractivity contribution in [1.82, 2.24) is 5.32 Å². The molecule has 2 amide bonds. The monoisotopic (exact) mass is 304 g/mol. The second-order valence-corrected chi connectivity index (χ2v) is 4.60. The maximum atomic E-state index is 11.6. The molecule has 7 heteroatoms. The minimum atomic E-state index is -0.865. The van der Waals surface area contributed by atoms with Crippen LogP contribution in [0.2, 0.25) is 10.0 Å². The van der Waals surface area contributed by atoms with Crippen molar-refractivity contribution in [3.8, 4) is 0 Å². The summed E-state index contributed by atoms with van der Waals surface area (Å²) in [6.45, 7) is 1.56. The van der Waals surface area contributed by atoms with Gasteiger partial charge in [-0.25, -0.2) is 0 Å². The van der Waals surface area contributed by atoms with Crippen molar-refractivity contribution in [2.24, 2.45) is 0 Å². The average Bonchev–Trinajstić information content (AvgIpc) is 2.40. The van der Waals surface area contributed by atoms with Crippen LogP contribution in [-0.4, -0.2) is 29.6 Å². The quantitative estimate of drug-likeness (QED) is 0.742. The molecule has 0 bridgehead atoms. The molecule has 1 atom stereocenters. The molecule has 19 heavy (non-hydrogen) atoms. The third-order valence-corrected chi connectivity index (χ3v) is 3.27. The van der Waals surface area contributed by atoms with Crippen LogP contribution < -0.4 is 10.6 Å². The molecule has 0 radical (unpaired) electrons. The molecular formula is C12H14Cl2N2O3. The van der Waals surface area contributed by atoms with Crippen molar-refractivity contribution in [3.63, 3.8) is 0 Å². The number of aliphatic hydroxyl groups excluding tert-OH is 1. The first-order chi connectivity index (χ1) is 8.99. The summed E-state index contributed by atoms with van der Waals surface area (Å²) in [7, 11) is 0. The van der Waals surface area contributed by atoms with Gasteiger partial charge in [0.1, 0.15) is 0 Å². The smallest absolute Gasteiger partial charge is 0.313 e. The molecule has 1 rings (SSSR count). The molecule has 104 valence electrons. The fraction of sp³-hybridized carbons (Fsp3) is 0.333. The van der Waals surface area contributed by atoms with Gasteiger partial charge in [0.05, 0.1) is 28.4 Å². The summed E-state index contributed by atoms with van der Waals surface area (Å²) in [6.07, 6.45) is 0.521. The largest absolute Gasteiger partial charge is 0.394 e. The van der Waals surface area contributed by atoms with Crippen LogP contribution in [0.3, 0.4) is 0 Å². The number of carbonyl (C=O) groups excluding carboxylic acids is 2. The van der Waals surface area contributed by atoms with Crippen molar-refractivity contribution in [3.05, 3.63) is 28.2 Å². The summed E-state index contributed by atoms with van der Waals surface area (Å²) in [5, 5.41) is 14.1. The maximum absolute atomic E-state index is 11.6. The Hall–Kier alpha value is -1.30. The zero-order valence-corrected chi connectivity index (χ0v) is 11.8. The molecule has 0 spiro atoms. The Labute approximate surface area is 120 Å². The highest BCUT2D eigenvalue weighted by Gasteiger charge is 2.18. The van der Waals surface area contributed by atoms with E-state index in [0.29, 0.717) is 6.42 Å². The summed E-state index contributed by atoms with van der Waals surface area (Å²) in [4.78, 5) is 23.2. The summed E-state index contributed by atoms with van der Waals surface area (Å²) in [5.74, 6) is -1.70. The highest BCUT2D eigenvalue weighted by atomic mass is 35.5. The van der Waals surface area contributed by atoms with Gasteiger partial charge in [0.25, 0.3) is 0 Å². The minimum Gasteiger partial charge on any atom is -0.394 e. The molecule has 1 aromatic rings. The topological polar surface area (TPSA) is 78.4 Å². The first-order valence-corrected chi connectivity index (χ1v) is 6.41. The molecule has 0 aromatic heterocycles. The predicted octanol–water partition coefficient (Wildman–Crippen LogP) is 1.82. The van der Waals surface area contributed by atoms with E-state index in [4.69, 9.17) is 28.3 Å². The van der Waals surface area contributed by atoms with Crippen molar-refractivity contribution >= 4 is 40.7 Å². The van der Waals surface area contributed by atoms with E-state index in [1.165, 1.54) is 6.07 Å². The standard InChI is InChI=1S/C12H14Cl2N2O3/c1-2-7(6-17)15-11(18)12(19)16-9-5-3-4-8(13)10(9)14/h3-5,7,17H,2,6H2,1H3,(H,15,18)(H,16,19)/t7-/m0/s1. The highest BCUT2D eigenvalue weighted by molar-refractivity contribution is 6.45. The molecule has 0 aliphatic carbocycles. The fourth-order valence-electron chi connectivity index (χ4n) is 1.31. The van der Waals surface area contributed by atoms with Crippen molar-refractivity contribution in [2.45, 2.75) is 19.4 Å². The van der Waals surface area contributed by atoms with Gasteiger partial charge in [-0.2, -0.15) is 0 Å². The number of hydrogen-bond acceptors (Lipinski definition) is 3. The Morgan fingerprint density at radius 2 is 2.00 bits per heavy atom. The van der Waals surface area contributed by atoms with Gasteiger partial charge in [0.2, 0.25) is 0 Å². The van der Waals surface area contributed by atoms with Crippen LogP contribution in [0.25, 0.3) is 0 Å². The molecular weight excluding hydrogens is 291 g/mol. The lowest BCUT2D eigenvalue weighted by molar-refractivity contribution is -0.136. The Bertz CT molecular complexity index is 476. The number of rotatable bonds is 4. The van der Waals surface area contributed by atoms with Crippen molar-refractivity contribution in [1.29, 1.82) is 0 Å². The van der Waals surface area contributed by atoms with E-state index < -0.39 is 17.9 Å². The van der Waals surface area contributed by atoms with Crippen LogP contribution in [-0.2, 0) is 9.59 Å². The number of hydrogen-bond donors (Lipinski definition) is 3. The van der Waals surface area contributed by atoms with Gasteiger partial charge in [0.15, 0.2) is 0 Å². The third kappa shape index (κ3) is 4.38. The van der Waals surface area contributed by atoms with Gasteiger partial charge in [-0.1, -0.05) is 36.2 Å². The van der Waals surface area contributed by atoms with Crippen LogP contribution in [0.15, 0.2) is 18.2 Å². The zero-order chi connectivity index (χ0) is 14.4. The molecule has 0 unspecified atom stereocenters. The lowest BCUT2D eigenvalue weighted by Crippen LogP contribution is -2.43. The third-order valence-electron chi connectivity index (χ3n) is 2.45. The van der Waals surface area contributed by atoms with Gasteiger partial charge in [-0.3, -0.25) is 9.59 Å². The van der Waals surface area contributed by atoms with E-state index in [1.807, 2.05) is 0 Å². The highest BCUT2D eigenvalue weighted by Crippen LogP contribution is 2.29. The van der Waals surface area contributed by atoms with E-state index in [2.05, 4.69) is 10.6 Å². The van der Waals surface area contributed by atoms with E-state index >= 15 is 0 Å². The van der Waals surface area contributed by atoms with E-state index in [-0.39, 0.29) is 22.3 Å². The number of anilines is 1. The SMILES string of the molecule is CC[C@@H](CO)NC(=O)C(=O)Nc1cccc(Cl)c1Cl. The molecule has 3 N–H and O–H groups in total. The van der Waals surface area contributed by atoms with Gasteiger partial charge in [-0.05, 0) is 18.6 Å². The molecule has 0 saturated heterocycles. The average molecular weight is 305 g/mol. The normalized spacial score (nSPS) is 11.8. The second kappa shape index (κ2) is 7.33. The summed E-state index contributed by atoms with van der Waals surface area (Å²) in [6, 6.07) is 4.25. The Morgan fingerprint density at radius 3 is 2.58 bits per heavy atom. The number of amides is 2. The molecule has 0 heterocycles. The fourth-order valence-corrected chi connectivity index (χ4v) is 1.65. The summed E-state index contributed by atoms with van der Waals surface area (Å²) >= 11 is 11.7. The van der Waals surface area contributed by atoms with E-state index in [9.17, 15) is 9.59 Å². The van der Waals surface area contributed by atoms with Crippen LogP contribution >= 0.6 is 23.2 Å². The number of carbonyl (C=O) groups is 2. The molecule has 5 nitrogen and oxygen atoms in total. The zero-order valence-electron chi connectivity index (χ0n) is 10.2. The van der Waals surface area contributed by atoms with Crippen LogP contribution in [0, 0.1) is 0 Å². The number of nitrogens with one attached hydrogen (secondary N) is 2. The predicted molar refractivity (Wildman–Crippen MR) is 74.4 cm³/mol. The lowest BCUT2D eigenvalue weighted by Gasteiger charge is -2.14. The minimum absolute atomic E-state index is 0.166. The second-order valence-electron chi connectivity index (χ2n) is 3.82. The van der Waals surface area contributed by atoms with Gasteiger partial charge in [-0.15, -0.1) is 0 Å². The Balaban J connectivity index is 2.69. The molecule has 0 aliphatic heterocycles. The maximum Gasteiger partial charge on any atom is 0.313 e. The van der Waals surface area contributed by atoms with Gasteiger partial charge < -0.3 is 15.7 Å². The molecule has 0 aliphatic rings. The Morgan fingerprint density at radius 1 is 1.32 bits per heavy atom. The summed E-state index contributed by atoms with van der Waals surface area (Å²) < 4.78 is 0. The van der Waals surface area contributed by atoms with Gasteiger partial charge in [0, 0.05) is 0 Å². The van der Waals surface area contributed by atoms with Crippen LogP contribution in [0.1, 0.15) is 13.3 Å². The van der Waals surface area contributed by atoms with Crippen LogP contribution in [0.5, 0.6) is 0 Å². The molecule has 1 aromatic carbocycles. The number of benzene rings is 1. The summed E-state index contributed by atoms with van der Waals surface area (Å²) in [5.41, 5.74) is 0.256.